The lowest BCUT2D eigenvalue weighted by Crippen LogP contribution is -2.37. The molecule has 224 valence electrons. The van der Waals surface area contributed by atoms with Crippen LogP contribution in [0.3, 0.4) is 0 Å². The predicted octanol–water partition coefficient (Wildman–Crippen LogP) is 11.9. The summed E-state index contributed by atoms with van der Waals surface area (Å²) in [6, 6.07) is 0. The van der Waals surface area contributed by atoms with Crippen LogP contribution in [0.15, 0.2) is 12.4 Å². The molecule has 38 heavy (non-hydrogen) atoms. The van der Waals surface area contributed by atoms with E-state index >= 15 is 0 Å². The van der Waals surface area contributed by atoms with E-state index in [1.54, 1.807) is 5.82 Å². The lowest BCUT2D eigenvalue weighted by molar-refractivity contribution is -0.704. The second-order valence-corrected chi connectivity index (χ2v) is 12.3. The normalized spacial score (nSPS) is 11.6. The molecule has 0 aliphatic carbocycles. The summed E-state index contributed by atoms with van der Waals surface area (Å²) in [7, 11) is 0. The molecule has 0 saturated heterocycles. The number of imidazole rings is 1. The quantitative estimate of drug-likeness (QED) is 0.0689. The van der Waals surface area contributed by atoms with E-state index in [4.69, 9.17) is 0 Å². The molecule has 0 N–H and O–H groups in total. The number of hydrogen-bond acceptors (Lipinski definition) is 0. The zero-order valence-electron chi connectivity index (χ0n) is 26.8. The van der Waals surface area contributed by atoms with Gasteiger partial charge in [-0.05, 0) is 32.1 Å². The first-order valence-corrected chi connectivity index (χ1v) is 17.9. The van der Waals surface area contributed by atoms with Crippen molar-refractivity contribution >= 4 is 0 Å². The van der Waals surface area contributed by atoms with E-state index in [-0.39, 0.29) is 0 Å². The van der Waals surface area contributed by atoms with Crippen molar-refractivity contribution in [3.8, 4) is 0 Å². The van der Waals surface area contributed by atoms with E-state index in [2.05, 4.69) is 42.3 Å². The third-order valence-corrected chi connectivity index (χ3v) is 8.60. The van der Waals surface area contributed by atoms with Gasteiger partial charge in [-0.1, -0.05) is 162 Å². The van der Waals surface area contributed by atoms with Crippen LogP contribution in [-0.4, -0.2) is 4.57 Å². The molecule has 0 radical (unpaired) electrons. The fraction of sp³-hybridized carbons (Fsp3) is 0.917. The molecule has 0 bridgehead atoms. The van der Waals surface area contributed by atoms with Crippen LogP contribution >= 0.6 is 0 Å². The smallest absolute Gasteiger partial charge is 0.234 e. The van der Waals surface area contributed by atoms with Crippen LogP contribution in [0.4, 0.5) is 0 Å². The molecule has 1 rings (SSSR count). The number of unbranched alkanes of at least 4 members (excludes halogenated alkanes) is 24. The second kappa shape index (κ2) is 27.8. The predicted molar refractivity (Wildman–Crippen MR) is 170 cm³/mol. The molecule has 2 heteroatoms. The van der Waals surface area contributed by atoms with Gasteiger partial charge in [-0.15, -0.1) is 0 Å². The zero-order chi connectivity index (χ0) is 27.4. The first-order valence-electron chi connectivity index (χ1n) is 17.9. The molecule has 0 aromatic carbocycles. The fourth-order valence-electron chi connectivity index (χ4n) is 5.97. The summed E-state index contributed by atoms with van der Waals surface area (Å²) in [5, 5.41) is 0. The van der Waals surface area contributed by atoms with E-state index in [0.29, 0.717) is 0 Å². The average molecular weight is 532 g/mol. The van der Waals surface area contributed by atoms with Crippen LogP contribution in [0.1, 0.15) is 200 Å². The Balaban J connectivity index is 2.22. The molecule has 2 nitrogen and oxygen atoms in total. The maximum Gasteiger partial charge on any atom is 0.256 e. The number of aromatic nitrogens is 2. The third-order valence-electron chi connectivity index (χ3n) is 8.60. The monoisotopic (exact) mass is 532 g/mol. The Labute approximate surface area is 240 Å². The van der Waals surface area contributed by atoms with Gasteiger partial charge in [0.05, 0.1) is 13.1 Å². The lowest BCUT2D eigenvalue weighted by Gasteiger charge is -2.07. The summed E-state index contributed by atoms with van der Waals surface area (Å²) < 4.78 is 5.22. The van der Waals surface area contributed by atoms with Crippen molar-refractivity contribution in [3.05, 3.63) is 18.2 Å². The Morgan fingerprint density at radius 3 is 1.26 bits per heavy atom. The molecule has 0 aliphatic rings. The molecule has 0 unspecified atom stereocenters. The number of hydrogen-bond donors (Lipinski definition) is 0. The Kier molecular flexibility index (Phi) is 25.7. The van der Waals surface area contributed by atoms with Crippen molar-refractivity contribution in [2.45, 2.75) is 214 Å². The summed E-state index contributed by atoms with van der Waals surface area (Å²) in [4.78, 5) is 0. The number of nitrogens with zero attached hydrogens (tertiary/aromatic N) is 2. The summed E-state index contributed by atoms with van der Waals surface area (Å²) in [5.41, 5.74) is 0. The molecule has 0 saturated carbocycles. The van der Waals surface area contributed by atoms with Crippen molar-refractivity contribution in [2.75, 3.05) is 0 Å². The molecule has 1 aromatic rings. The van der Waals surface area contributed by atoms with Crippen molar-refractivity contribution in [3.63, 3.8) is 0 Å². The Morgan fingerprint density at radius 2 is 0.816 bits per heavy atom. The van der Waals surface area contributed by atoms with Crippen LogP contribution in [0.2, 0.25) is 0 Å². The molecule has 1 heterocycles. The Morgan fingerprint density at radius 1 is 0.447 bits per heavy atom. The fourth-order valence-corrected chi connectivity index (χ4v) is 5.97. The zero-order valence-corrected chi connectivity index (χ0v) is 26.8. The largest absolute Gasteiger partial charge is 0.256 e. The van der Waals surface area contributed by atoms with Gasteiger partial charge in [0.25, 0.3) is 5.82 Å². The van der Waals surface area contributed by atoms with Gasteiger partial charge in [-0.3, -0.25) is 0 Å². The number of rotatable bonds is 30. The highest BCUT2D eigenvalue weighted by Crippen LogP contribution is 2.15. The van der Waals surface area contributed by atoms with E-state index in [9.17, 15) is 0 Å². The van der Waals surface area contributed by atoms with Gasteiger partial charge in [0, 0.05) is 6.42 Å². The molecular formula is C36H71N2+. The van der Waals surface area contributed by atoms with Crippen LogP contribution in [0.5, 0.6) is 0 Å². The minimum Gasteiger partial charge on any atom is -0.234 e. The first kappa shape index (κ1) is 35.2. The highest BCUT2D eigenvalue weighted by molar-refractivity contribution is 4.84. The van der Waals surface area contributed by atoms with Gasteiger partial charge in [-0.25, -0.2) is 9.13 Å². The summed E-state index contributed by atoms with van der Waals surface area (Å²) in [6.07, 6.45) is 44.4. The van der Waals surface area contributed by atoms with Gasteiger partial charge in [-0.2, -0.15) is 0 Å². The van der Waals surface area contributed by atoms with Crippen LogP contribution in [0, 0.1) is 0 Å². The van der Waals surface area contributed by atoms with Crippen molar-refractivity contribution in [1.29, 1.82) is 0 Å². The molecule has 0 spiro atoms. The molecule has 0 aliphatic heterocycles. The molecular weight excluding hydrogens is 460 g/mol. The van der Waals surface area contributed by atoms with Crippen molar-refractivity contribution < 1.29 is 4.57 Å². The minimum atomic E-state index is 1.23. The van der Waals surface area contributed by atoms with Crippen LogP contribution < -0.4 is 4.57 Å². The van der Waals surface area contributed by atoms with Crippen molar-refractivity contribution in [2.24, 2.45) is 0 Å². The standard InChI is InChI=1S/C36H71N2/c1-4-7-10-13-16-17-18-19-20-21-22-23-24-25-28-31-36-37(32-29-26-14-11-8-5-2)34-35-38(36)33-30-27-15-12-9-6-3/h34-35H,4-33H2,1-3H3/q+1. The molecule has 1 aromatic heterocycles. The topological polar surface area (TPSA) is 8.81 Å². The van der Waals surface area contributed by atoms with Crippen molar-refractivity contribution in [1.82, 2.24) is 4.57 Å². The molecule has 0 atom stereocenters. The second-order valence-electron chi connectivity index (χ2n) is 12.3. The third kappa shape index (κ3) is 20.2. The molecule has 0 amide bonds. The summed E-state index contributed by atoms with van der Waals surface area (Å²) in [6.45, 7) is 9.38. The first-order chi connectivity index (χ1) is 18.8. The SMILES string of the molecule is CCCCCCCCCCCCCCCCCc1n(CCCCCCCC)cc[n+]1CCCCCCCC. The lowest BCUT2D eigenvalue weighted by atomic mass is 10.0. The Hall–Kier alpha value is -0.790. The van der Waals surface area contributed by atoms with E-state index in [1.807, 2.05) is 0 Å². The van der Waals surface area contributed by atoms with Crippen LogP contribution in [-0.2, 0) is 19.5 Å². The van der Waals surface area contributed by atoms with Gasteiger partial charge >= 0.3 is 0 Å². The maximum atomic E-state index is 2.61. The van der Waals surface area contributed by atoms with E-state index in [0.717, 1.165) is 0 Å². The molecule has 0 fully saturated rings. The number of aryl methyl sites for hydroxylation is 2. The van der Waals surface area contributed by atoms with E-state index in [1.165, 1.54) is 193 Å². The summed E-state index contributed by atoms with van der Waals surface area (Å²) >= 11 is 0. The van der Waals surface area contributed by atoms with E-state index < -0.39 is 0 Å². The summed E-state index contributed by atoms with van der Waals surface area (Å²) in [5.74, 6) is 1.61. The highest BCUT2D eigenvalue weighted by atomic mass is 15.1. The minimum absolute atomic E-state index is 1.23. The highest BCUT2D eigenvalue weighted by Gasteiger charge is 2.16. The van der Waals surface area contributed by atoms with Gasteiger partial charge < -0.3 is 0 Å². The Bertz CT molecular complexity index is 557. The van der Waals surface area contributed by atoms with Crippen LogP contribution in [0.25, 0.3) is 0 Å². The van der Waals surface area contributed by atoms with Gasteiger partial charge in [0.1, 0.15) is 12.4 Å². The van der Waals surface area contributed by atoms with Gasteiger partial charge in [0.2, 0.25) is 0 Å². The van der Waals surface area contributed by atoms with Gasteiger partial charge in [0.15, 0.2) is 0 Å². The maximum absolute atomic E-state index is 2.61. The average Bonchev–Trinajstić information content (AvgIpc) is 3.31.